The lowest BCUT2D eigenvalue weighted by Crippen LogP contribution is -2.23. The summed E-state index contributed by atoms with van der Waals surface area (Å²) >= 11 is 5.94. The molecule has 1 fully saturated rings. The molecule has 0 radical (unpaired) electrons. The fourth-order valence-electron chi connectivity index (χ4n) is 4.03. The van der Waals surface area contributed by atoms with Crippen LogP contribution in [0.2, 0.25) is 5.02 Å². The van der Waals surface area contributed by atoms with Crippen LogP contribution in [0.25, 0.3) is 10.9 Å². The Morgan fingerprint density at radius 3 is 2.84 bits per heavy atom. The van der Waals surface area contributed by atoms with Crippen LogP contribution in [0.5, 0.6) is 5.75 Å². The maximum absolute atomic E-state index is 13.6. The van der Waals surface area contributed by atoms with Gasteiger partial charge in [0, 0.05) is 36.4 Å². The highest BCUT2D eigenvalue weighted by atomic mass is 35.5. The Balaban J connectivity index is 1.62. The van der Waals surface area contributed by atoms with Crippen molar-refractivity contribution in [1.29, 1.82) is 0 Å². The second-order valence-electron chi connectivity index (χ2n) is 8.67. The molecule has 4 rings (SSSR count). The van der Waals surface area contributed by atoms with Gasteiger partial charge in [0.2, 0.25) is 5.91 Å². The summed E-state index contributed by atoms with van der Waals surface area (Å²) in [6, 6.07) is 7.86. The molecular weight excluding hydrogens is 497 g/mol. The number of amides is 1. The van der Waals surface area contributed by atoms with Crippen molar-refractivity contribution in [3.63, 3.8) is 0 Å². The molecule has 2 aromatic carbocycles. The summed E-state index contributed by atoms with van der Waals surface area (Å²) in [6.07, 6.45) is 6.73. The molecular formula is C27H31ClFN5O3. The van der Waals surface area contributed by atoms with Gasteiger partial charge in [-0.1, -0.05) is 31.5 Å². The standard InChI is InChI=1S/C27H31ClFN5O3/c1-3-34(4-2)11-5-8-26(35)33-24-14-20-23(15-25(24)37-16-19-7-6-12-36-19)30-17-31-27(20)32-18-9-10-22(29)21(28)13-18/h5,8-10,13-15,17,19H,3-4,6-7,11-12,16H2,1-2H3,(H,33,35)(H,30,31,32)/b8-5+. The molecule has 3 aromatic rings. The third kappa shape index (κ3) is 7.15. The van der Waals surface area contributed by atoms with E-state index in [-0.39, 0.29) is 17.0 Å². The van der Waals surface area contributed by atoms with Crippen molar-refractivity contribution in [2.45, 2.75) is 32.8 Å². The normalized spacial score (nSPS) is 15.5. The number of fused-ring (bicyclic) bond motifs is 1. The van der Waals surface area contributed by atoms with Crippen molar-refractivity contribution in [2.75, 3.05) is 43.5 Å². The quantitative estimate of drug-likeness (QED) is 0.315. The van der Waals surface area contributed by atoms with Gasteiger partial charge in [-0.2, -0.15) is 0 Å². The first-order valence-corrected chi connectivity index (χ1v) is 12.8. The van der Waals surface area contributed by atoms with Crippen LogP contribution in [-0.2, 0) is 9.53 Å². The average Bonchev–Trinajstić information content (AvgIpc) is 3.42. The zero-order chi connectivity index (χ0) is 26.2. The van der Waals surface area contributed by atoms with E-state index >= 15 is 0 Å². The summed E-state index contributed by atoms with van der Waals surface area (Å²) in [4.78, 5) is 23.7. The number of hydrogen-bond acceptors (Lipinski definition) is 7. The van der Waals surface area contributed by atoms with Gasteiger partial charge in [-0.3, -0.25) is 4.79 Å². The molecule has 0 saturated carbocycles. The molecule has 1 saturated heterocycles. The molecule has 10 heteroatoms. The Labute approximate surface area is 220 Å². The third-order valence-electron chi connectivity index (χ3n) is 6.15. The number of nitrogens with one attached hydrogen (secondary N) is 2. The molecule has 2 N–H and O–H groups in total. The van der Waals surface area contributed by atoms with Crippen molar-refractivity contribution >= 4 is 45.6 Å². The van der Waals surface area contributed by atoms with Gasteiger partial charge < -0.3 is 25.0 Å². The summed E-state index contributed by atoms with van der Waals surface area (Å²) in [7, 11) is 0. The summed E-state index contributed by atoms with van der Waals surface area (Å²) < 4.78 is 25.4. The van der Waals surface area contributed by atoms with Crippen molar-refractivity contribution in [1.82, 2.24) is 14.9 Å². The van der Waals surface area contributed by atoms with Crippen molar-refractivity contribution in [3.8, 4) is 5.75 Å². The summed E-state index contributed by atoms with van der Waals surface area (Å²) in [6.45, 7) is 7.75. The van der Waals surface area contributed by atoms with Crippen molar-refractivity contribution in [2.24, 2.45) is 0 Å². The first-order valence-electron chi connectivity index (χ1n) is 12.4. The van der Waals surface area contributed by atoms with E-state index in [9.17, 15) is 9.18 Å². The highest BCUT2D eigenvalue weighted by Gasteiger charge is 2.19. The number of carbonyl (C=O) groups excluding carboxylic acids is 1. The minimum Gasteiger partial charge on any atom is -0.489 e. The predicted octanol–water partition coefficient (Wildman–Crippen LogP) is 5.56. The Hall–Kier alpha value is -3.27. The van der Waals surface area contributed by atoms with Gasteiger partial charge in [-0.25, -0.2) is 14.4 Å². The molecule has 0 bridgehead atoms. The van der Waals surface area contributed by atoms with Gasteiger partial charge in [0.25, 0.3) is 0 Å². The summed E-state index contributed by atoms with van der Waals surface area (Å²) in [5.41, 5.74) is 1.66. The van der Waals surface area contributed by atoms with E-state index in [0.29, 0.717) is 47.0 Å². The number of hydrogen-bond donors (Lipinski definition) is 2. The van der Waals surface area contributed by atoms with Crippen LogP contribution in [0.4, 0.5) is 21.6 Å². The monoisotopic (exact) mass is 527 g/mol. The van der Waals surface area contributed by atoms with Gasteiger partial charge in [-0.05, 0) is 50.2 Å². The maximum Gasteiger partial charge on any atom is 0.248 e. The molecule has 1 atom stereocenters. The predicted molar refractivity (Wildman–Crippen MR) is 144 cm³/mol. The molecule has 8 nitrogen and oxygen atoms in total. The number of benzene rings is 2. The van der Waals surface area contributed by atoms with E-state index < -0.39 is 5.82 Å². The van der Waals surface area contributed by atoms with E-state index in [2.05, 4.69) is 39.3 Å². The molecule has 1 aliphatic heterocycles. The fourth-order valence-corrected chi connectivity index (χ4v) is 4.22. The fraction of sp³-hybridized carbons (Fsp3) is 0.370. The Morgan fingerprint density at radius 2 is 2.11 bits per heavy atom. The Morgan fingerprint density at radius 1 is 1.27 bits per heavy atom. The van der Waals surface area contributed by atoms with Crippen LogP contribution in [0.3, 0.4) is 0 Å². The Kier molecular flexibility index (Phi) is 9.27. The number of rotatable bonds is 11. The number of likely N-dealkylation sites (N-methyl/N-ethyl adjacent to an activating group) is 1. The average molecular weight is 528 g/mol. The van der Waals surface area contributed by atoms with Crippen molar-refractivity contribution < 1.29 is 18.7 Å². The van der Waals surface area contributed by atoms with Crippen LogP contribution >= 0.6 is 11.6 Å². The number of ether oxygens (including phenoxy) is 2. The smallest absolute Gasteiger partial charge is 0.248 e. The molecule has 1 aliphatic rings. The summed E-state index contributed by atoms with van der Waals surface area (Å²) in [5, 5.41) is 6.73. The van der Waals surface area contributed by atoms with Gasteiger partial charge in [0.05, 0.1) is 22.3 Å². The number of carbonyl (C=O) groups is 1. The first kappa shape index (κ1) is 26.8. The molecule has 1 amide bonds. The topological polar surface area (TPSA) is 88.6 Å². The van der Waals surface area contributed by atoms with E-state index in [4.69, 9.17) is 21.1 Å². The van der Waals surface area contributed by atoms with Gasteiger partial charge in [-0.15, -0.1) is 0 Å². The van der Waals surface area contributed by atoms with Crippen LogP contribution in [-0.4, -0.2) is 59.7 Å². The van der Waals surface area contributed by atoms with Gasteiger partial charge in [0.15, 0.2) is 0 Å². The van der Waals surface area contributed by atoms with E-state index in [1.54, 1.807) is 18.2 Å². The minimum absolute atomic E-state index is 0.00219. The van der Waals surface area contributed by atoms with Gasteiger partial charge >= 0.3 is 0 Å². The van der Waals surface area contributed by atoms with Crippen LogP contribution in [0.15, 0.2) is 48.8 Å². The third-order valence-corrected chi connectivity index (χ3v) is 6.44. The maximum atomic E-state index is 13.6. The van der Waals surface area contributed by atoms with E-state index in [1.165, 1.54) is 24.5 Å². The molecule has 0 spiro atoms. The molecule has 37 heavy (non-hydrogen) atoms. The van der Waals surface area contributed by atoms with E-state index in [1.807, 2.05) is 6.08 Å². The van der Waals surface area contributed by atoms with Gasteiger partial charge in [0.1, 0.15) is 30.3 Å². The lowest BCUT2D eigenvalue weighted by molar-refractivity contribution is -0.111. The van der Waals surface area contributed by atoms with Crippen LogP contribution in [0, 0.1) is 5.82 Å². The zero-order valence-corrected chi connectivity index (χ0v) is 21.7. The molecule has 2 heterocycles. The number of anilines is 3. The highest BCUT2D eigenvalue weighted by molar-refractivity contribution is 6.31. The SMILES string of the molecule is CCN(CC)C/C=C/C(=O)Nc1cc2c(Nc3ccc(F)c(Cl)c3)ncnc2cc1OCC1CCCO1. The second-order valence-corrected chi connectivity index (χ2v) is 9.07. The lowest BCUT2D eigenvalue weighted by Gasteiger charge is -2.17. The van der Waals surface area contributed by atoms with Crippen molar-refractivity contribution in [3.05, 3.63) is 59.7 Å². The Bertz CT molecular complexity index is 1260. The second kappa shape index (κ2) is 12.8. The van der Waals surface area contributed by atoms with E-state index in [0.717, 1.165) is 32.5 Å². The largest absolute Gasteiger partial charge is 0.489 e. The zero-order valence-electron chi connectivity index (χ0n) is 21.0. The minimum atomic E-state index is -0.508. The highest BCUT2D eigenvalue weighted by Crippen LogP contribution is 2.34. The summed E-state index contributed by atoms with van der Waals surface area (Å²) in [5.74, 6) is 0.186. The number of halogens is 2. The lowest BCUT2D eigenvalue weighted by atomic mass is 10.1. The molecule has 0 aliphatic carbocycles. The number of nitrogens with zero attached hydrogens (tertiary/aromatic N) is 3. The van der Waals surface area contributed by atoms with Crippen LogP contribution < -0.4 is 15.4 Å². The molecule has 1 aromatic heterocycles. The molecule has 1 unspecified atom stereocenters. The first-order chi connectivity index (χ1) is 18.0. The number of aromatic nitrogens is 2. The van der Waals surface area contributed by atoms with Crippen LogP contribution in [0.1, 0.15) is 26.7 Å². The molecule has 196 valence electrons.